The summed E-state index contributed by atoms with van der Waals surface area (Å²) in [5.41, 5.74) is 0.365. The molecule has 1 atom stereocenters. The minimum Gasteiger partial charge on any atom is -0.492 e. The topological polar surface area (TPSA) is 94.2 Å². The fourth-order valence-electron chi connectivity index (χ4n) is 3.03. The normalized spacial score (nSPS) is 15.3. The molecule has 0 radical (unpaired) electrons. The Bertz CT molecular complexity index is 956. The molecule has 1 saturated heterocycles. The first-order valence-corrected chi connectivity index (χ1v) is 11.3. The highest BCUT2D eigenvalue weighted by Gasteiger charge is 2.24. The van der Waals surface area contributed by atoms with Crippen LogP contribution in [0.15, 0.2) is 53.4 Å². The number of nitrogens with zero attached hydrogens (tertiary/aromatic N) is 1. The van der Waals surface area contributed by atoms with E-state index in [0.29, 0.717) is 50.1 Å². The van der Waals surface area contributed by atoms with Gasteiger partial charge in [-0.3, -0.25) is 9.52 Å². The van der Waals surface area contributed by atoms with Gasteiger partial charge in [-0.25, -0.2) is 8.42 Å². The average molecular weight is 435 g/mol. The number of hydrogen-bond acceptors (Lipinski definition) is 6. The van der Waals surface area contributed by atoms with Crippen LogP contribution in [0.1, 0.15) is 13.8 Å². The minimum atomic E-state index is -3.81. The molecular formula is C21H26N2O6S. The first kappa shape index (κ1) is 21.9. The smallest absolute Gasteiger partial charge is 0.263 e. The lowest BCUT2D eigenvalue weighted by molar-refractivity contribution is -0.142. The third-order valence-electron chi connectivity index (χ3n) is 4.55. The largest absolute Gasteiger partial charge is 0.492 e. The number of amides is 1. The Morgan fingerprint density at radius 3 is 2.47 bits per heavy atom. The third kappa shape index (κ3) is 5.43. The van der Waals surface area contributed by atoms with E-state index in [1.165, 1.54) is 24.3 Å². The molecule has 1 aliphatic heterocycles. The Labute approximate surface area is 176 Å². The van der Waals surface area contributed by atoms with Gasteiger partial charge in [0.1, 0.15) is 11.5 Å². The zero-order chi connectivity index (χ0) is 21.6. The van der Waals surface area contributed by atoms with Crippen LogP contribution in [0.5, 0.6) is 11.5 Å². The molecule has 0 aromatic heterocycles. The van der Waals surface area contributed by atoms with E-state index in [2.05, 4.69) is 4.72 Å². The Morgan fingerprint density at radius 1 is 1.13 bits per heavy atom. The lowest BCUT2D eigenvalue weighted by atomic mass is 10.3. The minimum absolute atomic E-state index is 0.0771. The molecule has 2 aromatic carbocycles. The van der Waals surface area contributed by atoms with Crippen molar-refractivity contribution in [1.82, 2.24) is 4.90 Å². The summed E-state index contributed by atoms with van der Waals surface area (Å²) in [7, 11) is -3.81. The molecule has 0 spiro atoms. The predicted molar refractivity (Wildman–Crippen MR) is 112 cm³/mol. The summed E-state index contributed by atoms with van der Waals surface area (Å²) in [5, 5.41) is 0. The molecule has 2 aromatic rings. The predicted octanol–water partition coefficient (Wildman–Crippen LogP) is 2.51. The zero-order valence-electron chi connectivity index (χ0n) is 17.0. The van der Waals surface area contributed by atoms with E-state index >= 15 is 0 Å². The fourth-order valence-corrected chi connectivity index (χ4v) is 4.10. The van der Waals surface area contributed by atoms with E-state index in [4.69, 9.17) is 14.2 Å². The molecule has 9 heteroatoms. The van der Waals surface area contributed by atoms with Crippen molar-refractivity contribution in [2.45, 2.75) is 24.8 Å². The van der Waals surface area contributed by atoms with Gasteiger partial charge in [0, 0.05) is 13.1 Å². The maximum atomic E-state index is 12.7. The second kappa shape index (κ2) is 9.82. The molecule has 8 nitrogen and oxygen atoms in total. The van der Waals surface area contributed by atoms with Crippen LogP contribution in [0.2, 0.25) is 0 Å². The second-order valence-corrected chi connectivity index (χ2v) is 8.39. The highest BCUT2D eigenvalue weighted by molar-refractivity contribution is 7.92. The van der Waals surface area contributed by atoms with Crippen molar-refractivity contribution < 1.29 is 27.4 Å². The van der Waals surface area contributed by atoms with E-state index in [0.717, 1.165) is 0 Å². The van der Waals surface area contributed by atoms with Crippen molar-refractivity contribution in [3.63, 3.8) is 0 Å². The number of ether oxygens (including phenoxy) is 3. The molecule has 1 heterocycles. The number of para-hydroxylation sites is 2. The number of carbonyl (C=O) groups excluding carboxylic acids is 1. The maximum Gasteiger partial charge on any atom is 0.263 e. The lowest BCUT2D eigenvalue weighted by Gasteiger charge is -2.29. The molecule has 162 valence electrons. The summed E-state index contributed by atoms with van der Waals surface area (Å²) in [5.74, 6) is 0.751. The van der Waals surface area contributed by atoms with Gasteiger partial charge in [0.25, 0.3) is 15.9 Å². The number of benzene rings is 2. The Morgan fingerprint density at radius 2 is 1.80 bits per heavy atom. The zero-order valence-corrected chi connectivity index (χ0v) is 17.9. The third-order valence-corrected chi connectivity index (χ3v) is 5.93. The summed E-state index contributed by atoms with van der Waals surface area (Å²) in [4.78, 5) is 14.2. The summed E-state index contributed by atoms with van der Waals surface area (Å²) in [6, 6.07) is 12.8. The van der Waals surface area contributed by atoms with Crippen LogP contribution in [0.3, 0.4) is 0 Å². The van der Waals surface area contributed by atoms with Gasteiger partial charge >= 0.3 is 0 Å². The summed E-state index contributed by atoms with van der Waals surface area (Å²) >= 11 is 0. The summed E-state index contributed by atoms with van der Waals surface area (Å²) in [6.07, 6.45) is -0.679. The molecular weight excluding hydrogens is 408 g/mol. The van der Waals surface area contributed by atoms with Gasteiger partial charge in [0.15, 0.2) is 6.10 Å². The van der Waals surface area contributed by atoms with Crippen LogP contribution < -0.4 is 14.2 Å². The molecule has 3 rings (SSSR count). The van der Waals surface area contributed by atoms with Crippen LogP contribution in [-0.4, -0.2) is 58.2 Å². The van der Waals surface area contributed by atoms with Gasteiger partial charge in [0.05, 0.1) is 30.4 Å². The molecule has 0 saturated carbocycles. The SMILES string of the molecule is CCOc1ccccc1NS(=O)(=O)c1ccc(O[C@@H](C)C(=O)N2CCOCC2)cc1. The molecule has 1 fully saturated rings. The number of nitrogens with one attached hydrogen (secondary N) is 1. The van der Waals surface area contributed by atoms with Gasteiger partial charge in [-0.05, 0) is 50.2 Å². The van der Waals surface area contributed by atoms with Gasteiger partial charge in [0.2, 0.25) is 0 Å². The molecule has 30 heavy (non-hydrogen) atoms. The van der Waals surface area contributed by atoms with E-state index in [9.17, 15) is 13.2 Å². The Balaban J connectivity index is 1.66. The molecule has 0 aliphatic carbocycles. The first-order chi connectivity index (χ1) is 14.4. The lowest BCUT2D eigenvalue weighted by Crippen LogP contribution is -2.46. The average Bonchev–Trinajstić information content (AvgIpc) is 2.75. The standard InChI is InChI=1S/C21H26N2O6S/c1-3-28-20-7-5-4-6-19(20)22-30(25,26)18-10-8-17(9-11-18)29-16(2)21(24)23-12-14-27-15-13-23/h4-11,16,22H,3,12-15H2,1-2H3/t16-/m0/s1. The summed E-state index contributed by atoms with van der Waals surface area (Å²) in [6.45, 7) is 6.04. The van der Waals surface area contributed by atoms with E-state index in [1.54, 1.807) is 36.1 Å². The molecule has 1 aliphatic rings. The van der Waals surface area contributed by atoms with Crippen LogP contribution in [0.4, 0.5) is 5.69 Å². The number of carbonyl (C=O) groups is 1. The van der Waals surface area contributed by atoms with Crippen molar-refractivity contribution in [1.29, 1.82) is 0 Å². The number of rotatable bonds is 8. The highest BCUT2D eigenvalue weighted by atomic mass is 32.2. The monoisotopic (exact) mass is 434 g/mol. The molecule has 0 unspecified atom stereocenters. The van der Waals surface area contributed by atoms with Crippen molar-refractivity contribution in [2.24, 2.45) is 0 Å². The number of sulfonamides is 1. The number of morpholine rings is 1. The quantitative estimate of drug-likeness (QED) is 0.686. The van der Waals surface area contributed by atoms with Gasteiger partial charge < -0.3 is 19.1 Å². The highest BCUT2D eigenvalue weighted by Crippen LogP contribution is 2.27. The van der Waals surface area contributed by atoms with E-state index in [1.807, 2.05) is 6.92 Å². The summed E-state index contributed by atoms with van der Waals surface area (Å²) < 4.78 is 44.4. The van der Waals surface area contributed by atoms with Crippen molar-refractivity contribution in [2.75, 3.05) is 37.6 Å². The Hall–Kier alpha value is -2.78. The number of anilines is 1. The molecule has 0 bridgehead atoms. The maximum absolute atomic E-state index is 12.7. The van der Waals surface area contributed by atoms with Crippen molar-refractivity contribution in [3.05, 3.63) is 48.5 Å². The van der Waals surface area contributed by atoms with Crippen LogP contribution >= 0.6 is 0 Å². The fraction of sp³-hybridized carbons (Fsp3) is 0.381. The molecule has 1 N–H and O–H groups in total. The Kier molecular flexibility index (Phi) is 7.17. The van der Waals surface area contributed by atoms with Gasteiger partial charge in [-0.15, -0.1) is 0 Å². The second-order valence-electron chi connectivity index (χ2n) is 6.70. The van der Waals surface area contributed by atoms with Crippen molar-refractivity contribution in [3.8, 4) is 11.5 Å². The van der Waals surface area contributed by atoms with Crippen LogP contribution in [0.25, 0.3) is 0 Å². The van der Waals surface area contributed by atoms with Crippen LogP contribution in [-0.2, 0) is 19.6 Å². The molecule has 1 amide bonds. The van der Waals surface area contributed by atoms with Gasteiger partial charge in [-0.2, -0.15) is 0 Å². The van der Waals surface area contributed by atoms with Gasteiger partial charge in [-0.1, -0.05) is 12.1 Å². The van der Waals surface area contributed by atoms with Crippen LogP contribution in [0, 0.1) is 0 Å². The number of hydrogen-bond donors (Lipinski definition) is 1. The van der Waals surface area contributed by atoms with E-state index < -0.39 is 16.1 Å². The van der Waals surface area contributed by atoms with Crippen molar-refractivity contribution >= 4 is 21.6 Å². The van der Waals surface area contributed by atoms with E-state index in [-0.39, 0.29) is 10.8 Å². The first-order valence-electron chi connectivity index (χ1n) is 9.78.